The van der Waals surface area contributed by atoms with Crippen LogP contribution in [-0.2, 0) is 10.2 Å². The molecule has 0 spiro atoms. The van der Waals surface area contributed by atoms with E-state index in [1.54, 1.807) is 4.90 Å². The van der Waals surface area contributed by atoms with E-state index in [0.717, 1.165) is 25.6 Å². The summed E-state index contributed by atoms with van der Waals surface area (Å²) in [6, 6.07) is 10.7. The van der Waals surface area contributed by atoms with Gasteiger partial charge in [0.1, 0.15) is 0 Å². The standard InChI is InChI=1S/C19H28N4O2.HI/c1-3-25-18(24)23-13-11-22(12-14-23)17(20-2)21-15-19(9-10-19)16-7-5-4-6-8-16;/h4-8H,3,9-15H2,1-2H3,(H,20,21);1H. The van der Waals surface area contributed by atoms with Crippen molar-refractivity contribution in [3.8, 4) is 0 Å². The molecular weight excluding hydrogens is 443 g/mol. The van der Waals surface area contributed by atoms with E-state index in [1.807, 2.05) is 14.0 Å². The van der Waals surface area contributed by atoms with Crippen LogP contribution in [0, 0.1) is 0 Å². The summed E-state index contributed by atoms with van der Waals surface area (Å²) in [7, 11) is 1.82. The highest BCUT2D eigenvalue weighted by molar-refractivity contribution is 14.0. The Hall–Kier alpha value is -1.51. The van der Waals surface area contributed by atoms with Gasteiger partial charge in [-0.2, -0.15) is 0 Å². The normalized spacial score (nSPS) is 18.8. The molecule has 1 amide bonds. The molecule has 1 aromatic rings. The average molecular weight is 472 g/mol. The fourth-order valence-corrected chi connectivity index (χ4v) is 3.41. The third-order valence-electron chi connectivity index (χ3n) is 5.14. The third-order valence-corrected chi connectivity index (χ3v) is 5.14. The smallest absolute Gasteiger partial charge is 0.409 e. The third kappa shape index (κ3) is 4.81. The van der Waals surface area contributed by atoms with E-state index >= 15 is 0 Å². The topological polar surface area (TPSA) is 57.2 Å². The van der Waals surface area contributed by atoms with Crippen LogP contribution in [-0.4, -0.2) is 68.2 Å². The van der Waals surface area contributed by atoms with Crippen molar-refractivity contribution >= 4 is 36.0 Å². The second-order valence-corrected chi connectivity index (χ2v) is 6.72. The number of ether oxygens (including phenoxy) is 1. The number of nitrogens with zero attached hydrogens (tertiary/aromatic N) is 3. The van der Waals surface area contributed by atoms with Crippen LogP contribution in [0.4, 0.5) is 4.79 Å². The number of benzene rings is 1. The molecule has 26 heavy (non-hydrogen) atoms. The number of hydrogen-bond donors (Lipinski definition) is 1. The van der Waals surface area contributed by atoms with Crippen LogP contribution in [0.5, 0.6) is 0 Å². The van der Waals surface area contributed by atoms with Crippen molar-refractivity contribution in [1.29, 1.82) is 0 Å². The van der Waals surface area contributed by atoms with Crippen LogP contribution in [0.2, 0.25) is 0 Å². The molecule has 1 saturated carbocycles. The average Bonchev–Trinajstić information content (AvgIpc) is 3.45. The Labute approximate surface area is 173 Å². The quantitative estimate of drug-likeness (QED) is 0.416. The Morgan fingerprint density at radius 1 is 1.15 bits per heavy atom. The lowest BCUT2D eigenvalue weighted by Gasteiger charge is -2.36. The lowest BCUT2D eigenvalue weighted by atomic mass is 9.96. The minimum atomic E-state index is -0.217. The van der Waals surface area contributed by atoms with E-state index < -0.39 is 0 Å². The number of carbonyl (C=O) groups is 1. The van der Waals surface area contributed by atoms with Crippen LogP contribution in [0.25, 0.3) is 0 Å². The number of nitrogens with one attached hydrogen (secondary N) is 1. The van der Waals surface area contributed by atoms with Crippen molar-refractivity contribution in [3.63, 3.8) is 0 Å². The number of guanidine groups is 1. The van der Waals surface area contributed by atoms with Gasteiger partial charge in [-0.3, -0.25) is 4.99 Å². The largest absolute Gasteiger partial charge is 0.450 e. The van der Waals surface area contributed by atoms with Crippen molar-refractivity contribution in [2.24, 2.45) is 4.99 Å². The van der Waals surface area contributed by atoms with E-state index in [9.17, 15) is 4.79 Å². The lowest BCUT2D eigenvalue weighted by Crippen LogP contribution is -2.54. The first-order valence-corrected chi connectivity index (χ1v) is 9.11. The first kappa shape index (κ1) is 20.8. The molecule has 1 N–H and O–H groups in total. The van der Waals surface area contributed by atoms with Crippen molar-refractivity contribution < 1.29 is 9.53 Å². The summed E-state index contributed by atoms with van der Waals surface area (Å²) >= 11 is 0. The van der Waals surface area contributed by atoms with Gasteiger partial charge >= 0.3 is 6.09 Å². The first-order valence-electron chi connectivity index (χ1n) is 9.11. The number of rotatable bonds is 4. The molecule has 2 fully saturated rings. The molecule has 0 radical (unpaired) electrons. The number of carbonyl (C=O) groups excluding carboxylic acids is 1. The SMILES string of the molecule is CCOC(=O)N1CCN(C(=NC)NCC2(c3ccccc3)CC2)CC1.I. The van der Waals surface area contributed by atoms with Crippen molar-refractivity contribution in [2.75, 3.05) is 46.4 Å². The molecule has 0 aromatic heterocycles. The van der Waals surface area contributed by atoms with Crippen LogP contribution < -0.4 is 5.32 Å². The predicted molar refractivity (Wildman–Crippen MR) is 114 cm³/mol. The first-order chi connectivity index (χ1) is 12.2. The van der Waals surface area contributed by atoms with Gasteiger partial charge in [0.15, 0.2) is 5.96 Å². The summed E-state index contributed by atoms with van der Waals surface area (Å²) in [6.07, 6.45) is 2.22. The number of halogens is 1. The van der Waals surface area contributed by atoms with Crippen LogP contribution in [0.1, 0.15) is 25.3 Å². The second-order valence-electron chi connectivity index (χ2n) is 6.72. The minimum absolute atomic E-state index is 0. The Bertz CT molecular complexity index is 611. The van der Waals surface area contributed by atoms with E-state index in [-0.39, 0.29) is 35.5 Å². The molecule has 1 heterocycles. The zero-order valence-corrected chi connectivity index (χ0v) is 17.9. The van der Waals surface area contributed by atoms with Gasteiger partial charge in [-0.15, -0.1) is 24.0 Å². The Morgan fingerprint density at radius 2 is 1.77 bits per heavy atom. The Kier molecular flexibility index (Phi) is 7.55. The number of amides is 1. The maximum atomic E-state index is 11.8. The maximum Gasteiger partial charge on any atom is 0.409 e. The summed E-state index contributed by atoms with van der Waals surface area (Å²) < 4.78 is 5.08. The molecule has 0 unspecified atom stereocenters. The van der Waals surface area contributed by atoms with Gasteiger partial charge in [-0.1, -0.05) is 30.3 Å². The summed E-state index contributed by atoms with van der Waals surface area (Å²) in [5, 5.41) is 3.55. The summed E-state index contributed by atoms with van der Waals surface area (Å²) in [5.74, 6) is 0.922. The predicted octanol–water partition coefficient (Wildman–Crippen LogP) is 2.69. The fourth-order valence-electron chi connectivity index (χ4n) is 3.41. The minimum Gasteiger partial charge on any atom is -0.450 e. The number of aliphatic imine (C=N–C) groups is 1. The van der Waals surface area contributed by atoms with E-state index in [2.05, 4.69) is 45.5 Å². The van der Waals surface area contributed by atoms with Crippen molar-refractivity contribution in [2.45, 2.75) is 25.2 Å². The molecule has 144 valence electrons. The Balaban J connectivity index is 0.00000243. The van der Waals surface area contributed by atoms with Gasteiger partial charge in [0.05, 0.1) is 6.61 Å². The van der Waals surface area contributed by atoms with Gasteiger partial charge in [-0.25, -0.2) is 4.79 Å². The van der Waals surface area contributed by atoms with E-state index in [1.165, 1.54) is 18.4 Å². The molecule has 3 rings (SSSR count). The van der Waals surface area contributed by atoms with Crippen LogP contribution in [0.15, 0.2) is 35.3 Å². The van der Waals surface area contributed by atoms with Crippen molar-refractivity contribution in [3.05, 3.63) is 35.9 Å². The molecule has 1 aliphatic heterocycles. The van der Waals surface area contributed by atoms with Crippen molar-refractivity contribution in [1.82, 2.24) is 15.1 Å². The summed E-state index contributed by atoms with van der Waals surface area (Å²) in [6.45, 7) is 6.05. The van der Waals surface area contributed by atoms with Gasteiger partial charge in [-0.05, 0) is 25.3 Å². The highest BCUT2D eigenvalue weighted by atomic mass is 127. The molecule has 2 aliphatic rings. The molecule has 7 heteroatoms. The highest BCUT2D eigenvalue weighted by Crippen LogP contribution is 2.47. The molecular formula is C19H29IN4O2. The second kappa shape index (κ2) is 9.43. The van der Waals surface area contributed by atoms with Crippen LogP contribution in [0.3, 0.4) is 0 Å². The molecule has 0 atom stereocenters. The van der Waals surface area contributed by atoms with Gasteiger partial charge < -0.3 is 19.9 Å². The molecule has 1 aromatic carbocycles. The highest BCUT2D eigenvalue weighted by Gasteiger charge is 2.44. The molecule has 1 aliphatic carbocycles. The molecule has 6 nitrogen and oxygen atoms in total. The van der Waals surface area contributed by atoms with E-state index in [4.69, 9.17) is 4.74 Å². The monoisotopic (exact) mass is 472 g/mol. The van der Waals surface area contributed by atoms with E-state index in [0.29, 0.717) is 19.7 Å². The summed E-state index contributed by atoms with van der Waals surface area (Å²) in [4.78, 5) is 20.2. The summed E-state index contributed by atoms with van der Waals surface area (Å²) in [5.41, 5.74) is 1.66. The van der Waals surface area contributed by atoms with Gasteiger partial charge in [0.2, 0.25) is 0 Å². The Morgan fingerprint density at radius 3 is 2.31 bits per heavy atom. The van der Waals surface area contributed by atoms with Gasteiger partial charge in [0, 0.05) is 45.2 Å². The van der Waals surface area contributed by atoms with Gasteiger partial charge in [0.25, 0.3) is 0 Å². The zero-order chi connectivity index (χ0) is 17.7. The lowest BCUT2D eigenvalue weighted by molar-refractivity contribution is 0.0914. The number of hydrogen-bond acceptors (Lipinski definition) is 3. The fraction of sp³-hybridized carbons (Fsp3) is 0.579. The maximum absolute atomic E-state index is 11.8. The number of piperazine rings is 1. The molecule has 1 saturated heterocycles. The molecule has 0 bridgehead atoms. The zero-order valence-electron chi connectivity index (χ0n) is 15.6. The van der Waals surface area contributed by atoms with Crippen LogP contribution >= 0.6 is 24.0 Å².